The second kappa shape index (κ2) is 10.9. The second-order valence-corrected chi connectivity index (χ2v) is 12.7. The van der Waals surface area contributed by atoms with Gasteiger partial charge in [-0.2, -0.15) is 0 Å². The molecule has 1 saturated carbocycles. The Balaban J connectivity index is 1.39. The lowest BCUT2D eigenvalue weighted by atomic mass is 9.51. The van der Waals surface area contributed by atoms with Gasteiger partial charge in [-0.05, 0) is 68.9 Å². The van der Waals surface area contributed by atoms with Crippen molar-refractivity contribution in [1.29, 1.82) is 0 Å². The molecule has 2 aliphatic heterocycles. The SMILES string of the molecule is CC12C(=O)N(c3ccccc3)C(=O)C1CC1C(=CCC3C(=O)N(CCCCCC(=O)O)C(=O)C31)C2c1cc(Cl)ccc1O. The molecule has 2 heterocycles. The van der Waals surface area contributed by atoms with Gasteiger partial charge in [-0.15, -0.1) is 0 Å². The van der Waals surface area contributed by atoms with Gasteiger partial charge in [0.25, 0.3) is 0 Å². The van der Waals surface area contributed by atoms with E-state index in [0.29, 0.717) is 42.0 Å². The molecule has 6 rings (SSSR count). The third-order valence-corrected chi connectivity index (χ3v) is 10.2. The third-order valence-electron chi connectivity index (χ3n) is 9.95. The minimum Gasteiger partial charge on any atom is -0.508 e. The van der Waals surface area contributed by atoms with Crippen molar-refractivity contribution in [2.75, 3.05) is 11.4 Å². The van der Waals surface area contributed by atoms with Crippen molar-refractivity contribution < 1.29 is 34.2 Å². The maximum Gasteiger partial charge on any atom is 0.303 e. The van der Waals surface area contributed by atoms with Gasteiger partial charge < -0.3 is 10.2 Å². The summed E-state index contributed by atoms with van der Waals surface area (Å²) in [6.45, 7) is 1.98. The van der Waals surface area contributed by atoms with Crippen LogP contribution in [0.1, 0.15) is 56.9 Å². The Bertz CT molecular complexity index is 1560. The van der Waals surface area contributed by atoms with Gasteiger partial charge in [-0.25, -0.2) is 4.90 Å². The fraction of sp³-hybridized carbons (Fsp3) is 0.424. The quantitative estimate of drug-likeness (QED) is 0.248. The van der Waals surface area contributed by atoms with Crippen LogP contribution in [0.25, 0.3) is 0 Å². The van der Waals surface area contributed by atoms with E-state index in [0.717, 1.165) is 5.57 Å². The number of aromatic hydroxyl groups is 1. The number of amides is 4. The van der Waals surface area contributed by atoms with Crippen molar-refractivity contribution in [3.8, 4) is 5.75 Å². The van der Waals surface area contributed by atoms with Crippen molar-refractivity contribution >= 4 is 46.9 Å². The minimum atomic E-state index is -1.26. The van der Waals surface area contributed by atoms with E-state index >= 15 is 0 Å². The average Bonchev–Trinajstić information content (AvgIpc) is 3.34. The maximum atomic E-state index is 14.3. The molecule has 43 heavy (non-hydrogen) atoms. The number of halogens is 1. The van der Waals surface area contributed by atoms with E-state index in [9.17, 15) is 29.1 Å². The van der Waals surface area contributed by atoms with Gasteiger partial charge in [-0.3, -0.25) is 28.9 Å². The second-order valence-electron chi connectivity index (χ2n) is 12.2. The van der Waals surface area contributed by atoms with Crippen LogP contribution in [0, 0.1) is 29.1 Å². The highest BCUT2D eigenvalue weighted by Gasteiger charge is 2.67. The van der Waals surface area contributed by atoms with Crippen LogP contribution >= 0.6 is 11.6 Å². The van der Waals surface area contributed by atoms with Gasteiger partial charge >= 0.3 is 5.97 Å². The van der Waals surface area contributed by atoms with Gasteiger partial charge in [0.1, 0.15) is 5.75 Å². The number of fused-ring (bicyclic) bond motifs is 4. The summed E-state index contributed by atoms with van der Waals surface area (Å²) in [5.74, 6) is -5.51. The number of phenolic OH excluding ortho intramolecular Hbond substituents is 1. The lowest BCUT2D eigenvalue weighted by Gasteiger charge is -2.49. The molecular formula is C33H33ClN2O7. The van der Waals surface area contributed by atoms with E-state index in [-0.39, 0.29) is 48.8 Å². The number of likely N-dealkylation sites (tertiary alicyclic amines) is 1. The zero-order chi connectivity index (χ0) is 30.6. The first-order valence-corrected chi connectivity index (χ1v) is 15.1. The molecule has 0 bridgehead atoms. The fourth-order valence-electron chi connectivity index (χ4n) is 7.95. The van der Waals surface area contributed by atoms with Crippen LogP contribution in [-0.4, -0.2) is 51.3 Å². The monoisotopic (exact) mass is 604 g/mol. The number of unbranched alkanes of at least 4 members (excludes halogenated alkanes) is 2. The number of rotatable bonds is 8. The number of carboxylic acids is 1. The first-order valence-electron chi connectivity index (χ1n) is 14.7. The number of para-hydroxylation sites is 1. The summed E-state index contributed by atoms with van der Waals surface area (Å²) in [5.41, 5.74) is 0.383. The molecule has 0 spiro atoms. The van der Waals surface area contributed by atoms with Crippen LogP contribution in [0.4, 0.5) is 5.69 Å². The Morgan fingerprint density at radius 1 is 0.977 bits per heavy atom. The normalized spacial score (nSPS) is 29.8. The van der Waals surface area contributed by atoms with Crippen molar-refractivity contribution in [3.63, 3.8) is 0 Å². The summed E-state index contributed by atoms with van der Waals surface area (Å²) in [7, 11) is 0. The van der Waals surface area contributed by atoms with Crippen LogP contribution in [0.3, 0.4) is 0 Å². The molecule has 9 nitrogen and oxygen atoms in total. The fourth-order valence-corrected chi connectivity index (χ4v) is 8.13. The summed E-state index contributed by atoms with van der Waals surface area (Å²) in [4.78, 5) is 69.2. The highest BCUT2D eigenvalue weighted by molar-refractivity contribution is 6.30. The number of hydrogen-bond acceptors (Lipinski definition) is 6. The molecule has 2 N–H and O–H groups in total. The predicted molar refractivity (Wildman–Crippen MR) is 157 cm³/mol. The van der Waals surface area contributed by atoms with Crippen LogP contribution < -0.4 is 4.90 Å². The Kier molecular flexibility index (Phi) is 7.40. The van der Waals surface area contributed by atoms with Crippen LogP contribution in [0.15, 0.2) is 60.2 Å². The predicted octanol–water partition coefficient (Wildman–Crippen LogP) is 4.92. The molecule has 0 aromatic heterocycles. The Morgan fingerprint density at radius 2 is 1.72 bits per heavy atom. The number of carbonyl (C=O) groups is 5. The van der Waals surface area contributed by atoms with Gasteiger partial charge in [0.05, 0.1) is 28.9 Å². The molecule has 3 fully saturated rings. The number of phenols is 1. The molecule has 0 radical (unpaired) electrons. The zero-order valence-electron chi connectivity index (χ0n) is 23.7. The lowest BCUT2D eigenvalue weighted by molar-refractivity contribution is -0.141. The van der Waals surface area contributed by atoms with Crippen LogP contribution in [-0.2, 0) is 24.0 Å². The number of aliphatic carboxylic acids is 1. The number of benzene rings is 2. The molecule has 6 unspecified atom stereocenters. The van der Waals surface area contributed by atoms with Crippen molar-refractivity contribution in [2.45, 2.75) is 51.4 Å². The van der Waals surface area contributed by atoms with Gasteiger partial charge in [-0.1, -0.05) is 47.9 Å². The van der Waals surface area contributed by atoms with E-state index in [4.69, 9.17) is 16.7 Å². The Morgan fingerprint density at radius 3 is 2.44 bits per heavy atom. The third kappa shape index (κ3) is 4.56. The smallest absolute Gasteiger partial charge is 0.303 e. The number of hydrogen-bond donors (Lipinski definition) is 2. The van der Waals surface area contributed by atoms with E-state index in [1.165, 1.54) is 15.9 Å². The Hall–Kier alpha value is -3.98. The molecule has 10 heteroatoms. The van der Waals surface area contributed by atoms with Gasteiger partial charge in [0.2, 0.25) is 23.6 Å². The molecule has 2 saturated heterocycles. The van der Waals surface area contributed by atoms with E-state index < -0.39 is 41.0 Å². The highest BCUT2D eigenvalue weighted by atomic mass is 35.5. The molecular weight excluding hydrogens is 572 g/mol. The first kappa shape index (κ1) is 29.1. The van der Waals surface area contributed by atoms with Crippen molar-refractivity contribution in [1.82, 2.24) is 4.90 Å². The van der Waals surface area contributed by atoms with Gasteiger partial charge in [0.15, 0.2) is 0 Å². The average molecular weight is 605 g/mol. The van der Waals surface area contributed by atoms with Crippen molar-refractivity contribution in [3.05, 3.63) is 70.8 Å². The molecule has 2 aromatic carbocycles. The topological polar surface area (TPSA) is 132 Å². The summed E-state index contributed by atoms with van der Waals surface area (Å²) in [5, 5.41) is 20.3. The van der Waals surface area contributed by atoms with Gasteiger partial charge in [0, 0.05) is 29.5 Å². The van der Waals surface area contributed by atoms with E-state index in [2.05, 4.69) is 0 Å². The summed E-state index contributed by atoms with van der Waals surface area (Å²) in [6, 6.07) is 13.4. The summed E-state index contributed by atoms with van der Waals surface area (Å²) in [6.07, 6.45) is 4.05. The molecule has 2 aliphatic carbocycles. The summed E-state index contributed by atoms with van der Waals surface area (Å²) < 4.78 is 0. The zero-order valence-corrected chi connectivity index (χ0v) is 24.5. The number of allylic oxidation sites excluding steroid dienone is 2. The standard InChI is InChI=1S/C33H33ClN2O7/c1-33-24(30(41)36(32(33)43)19-8-4-2-5-9-19)17-22-20(28(33)23-16-18(34)11-14-25(23)37)12-13-21-27(22)31(42)35(29(21)40)15-7-3-6-10-26(38)39/h2,4-5,8-9,11-12,14,16,21-22,24,27-28,37H,3,6-7,10,13,15,17H2,1H3,(H,38,39). The number of anilines is 1. The van der Waals surface area contributed by atoms with Crippen LogP contribution in [0.2, 0.25) is 5.02 Å². The lowest BCUT2D eigenvalue weighted by Crippen LogP contribution is -2.48. The van der Waals surface area contributed by atoms with Crippen molar-refractivity contribution in [2.24, 2.45) is 29.1 Å². The molecule has 6 atom stereocenters. The van der Waals surface area contributed by atoms with Crippen LogP contribution in [0.5, 0.6) is 5.75 Å². The first-order chi connectivity index (χ1) is 20.6. The molecule has 224 valence electrons. The number of nitrogens with zero attached hydrogens (tertiary/aromatic N) is 2. The summed E-state index contributed by atoms with van der Waals surface area (Å²) >= 11 is 6.40. The molecule has 4 aliphatic rings. The number of imide groups is 2. The minimum absolute atomic E-state index is 0.0349. The Labute approximate surface area is 254 Å². The highest BCUT2D eigenvalue weighted by Crippen LogP contribution is 2.64. The van der Waals surface area contributed by atoms with E-state index in [1.54, 1.807) is 49.4 Å². The molecule has 4 amide bonds. The van der Waals surface area contributed by atoms with E-state index in [1.807, 2.05) is 6.08 Å². The molecule has 2 aromatic rings. The largest absolute Gasteiger partial charge is 0.508 e. The number of carbonyl (C=O) groups excluding carboxylic acids is 4. The number of carboxylic acid groups (broad SMARTS) is 1. The maximum absolute atomic E-state index is 14.3.